The Bertz CT molecular complexity index is 1340. The number of ether oxygens (including phenoxy) is 2. The maximum Gasteiger partial charge on any atom is 0.259 e. The topological polar surface area (TPSA) is 106 Å². The first-order chi connectivity index (χ1) is 18.5. The van der Waals surface area contributed by atoms with Crippen LogP contribution >= 0.6 is 11.6 Å². The van der Waals surface area contributed by atoms with Crippen LogP contribution < -0.4 is 26.2 Å². The molecule has 0 heterocycles. The van der Waals surface area contributed by atoms with Gasteiger partial charge >= 0.3 is 0 Å². The molecule has 0 aliphatic heterocycles. The molecule has 2 radical (unpaired) electrons. The van der Waals surface area contributed by atoms with Crippen LogP contribution in [0.3, 0.4) is 0 Å². The zero-order valence-electron chi connectivity index (χ0n) is 22.4. The van der Waals surface area contributed by atoms with Gasteiger partial charge in [-0.05, 0) is 48.0 Å². The van der Waals surface area contributed by atoms with Crippen LogP contribution in [0.15, 0.2) is 60.7 Å². The highest BCUT2D eigenvalue weighted by atomic mass is 35.5. The van der Waals surface area contributed by atoms with Crippen LogP contribution in [-0.4, -0.2) is 45.9 Å². The molecule has 0 aromatic heterocycles. The maximum absolute atomic E-state index is 13.1. The van der Waals surface area contributed by atoms with Crippen molar-refractivity contribution >= 4 is 54.0 Å². The zero-order valence-corrected chi connectivity index (χ0v) is 23.1. The number of benzene rings is 3. The van der Waals surface area contributed by atoms with E-state index in [9.17, 15) is 14.4 Å². The van der Waals surface area contributed by atoms with E-state index < -0.39 is 17.2 Å². The molecule has 0 spiro atoms. The molecular formula is C29H31BClN3O5. The minimum atomic E-state index is -0.538. The Hall–Kier alpha value is -3.82. The van der Waals surface area contributed by atoms with E-state index in [1.807, 2.05) is 20.8 Å². The summed E-state index contributed by atoms with van der Waals surface area (Å²) in [6.07, 6.45) is 0. The summed E-state index contributed by atoms with van der Waals surface area (Å²) in [5.74, 6) is -0.687. The van der Waals surface area contributed by atoms with Gasteiger partial charge in [0.1, 0.15) is 20.2 Å². The van der Waals surface area contributed by atoms with Crippen LogP contribution in [0.4, 0.5) is 11.4 Å². The Balaban J connectivity index is 1.81. The molecule has 3 N–H and O–H groups in total. The Morgan fingerprint density at radius 2 is 1.49 bits per heavy atom. The van der Waals surface area contributed by atoms with Crippen molar-refractivity contribution in [2.75, 3.05) is 31.0 Å². The summed E-state index contributed by atoms with van der Waals surface area (Å²) >= 11 is 6.32. The fraction of sp³-hybridized carbons (Fsp3) is 0.276. The van der Waals surface area contributed by atoms with Crippen LogP contribution in [0, 0.1) is 5.41 Å². The smallest absolute Gasteiger partial charge is 0.259 e. The highest BCUT2D eigenvalue weighted by molar-refractivity contribution is 6.34. The van der Waals surface area contributed by atoms with Gasteiger partial charge in [0.2, 0.25) is 5.91 Å². The minimum Gasteiger partial charge on any atom is -0.490 e. The first kappa shape index (κ1) is 29.7. The monoisotopic (exact) mass is 547 g/mol. The lowest BCUT2D eigenvalue weighted by Gasteiger charge is -2.18. The Kier molecular flexibility index (Phi) is 10.1. The number of hydrogen-bond acceptors (Lipinski definition) is 5. The van der Waals surface area contributed by atoms with E-state index >= 15 is 0 Å². The lowest BCUT2D eigenvalue weighted by Crippen LogP contribution is -2.34. The number of carbonyl (C=O) groups is 3. The van der Waals surface area contributed by atoms with Crippen molar-refractivity contribution in [3.8, 4) is 5.75 Å². The standard InChI is InChI=1S/C29H31BClN3O5/c1-29(2,3)28(37)32-17-18-5-11-24(31)22(15-18)26(35)34-21-10-12-25(39-14-13-38-4)23(16-21)27(36)33-20-8-6-19(30)7-9-20/h5-12,15-16H,13-14,17H2,1-4H3,(H,32,37)(H,33,36)(H,34,35). The number of nitrogens with one attached hydrogen (secondary N) is 3. The molecule has 3 aromatic carbocycles. The number of methoxy groups -OCH3 is 1. The Labute approximate surface area is 234 Å². The number of hydrogen-bond donors (Lipinski definition) is 3. The molecule has 0 bridgehead atoms. The van der Waals surface area contributed by atoms with Gasteiger partial charge in [-0.3, -0.25) is 14.4 Å². The Morgan fingerprint density at radius 1 is 0.846 bits per heavy atom. The van der Waals surface area contributed by atoms with Gasteiger partial charge in [-0.15, -0.1) is 0 Å². The third kappa shape index (κ3) is 8.60. The summed E-state index contributed by atoms with van der Waals surface area (Å²) in [4.78, 5) is 38.5. The maximum atomic E-state index is 13.1. The van der Waals surface area contributed by atoms with Crippen LogP contribution in [-0.2, 0) is 16.1 Å². The van der Waals surface area contributed by atoms with Crippen molar-refractivity contribution in [1.82, 2.24) is 5.32 Å². The number of amides is 3. The molecular weight excluding hydrogens is 517 g/mol. The number of rotatable bonds is 10. The van der Waals surface area contributed by atoms with E-state index in [1.54, 1.807) is 61.7 Å². The minimum absolute atomic E-state index is 0.110. The lowest BCUT2D eigenvalue weighted by atomic mass is 9.95. The van der Waals surface area contributed by atoms with Gasteiger partial charge in [0.05, 0.1) is 22.8 Å². The molecule has 0 unspecified atom stereocenters. The van der Waals surface area contributed by atoms with Crippen LogP contribution in [0.25, 0.3) is 0 Å². The van der Waals surface area contributed by atoms with E-state index in [-0.39, 0.29) is 35.2 Å². The van der Waals surface area contributed by atoms with E-state index in [4.69, 9.17) is 28.9 Å². The van der Waals surface area contributed by atoms with Crippen molar-refractivity contribution in [1.29, 1.82) is 0 Å². The highest BCUT2D eigenvalue weighted by Gasteiger charge is 2.21. The SMILES string of the molecule is [B]c1ccc(NC(=O)c2cc(NC(=O)c3cc(CNC(=O)C(C)(C)C)ccc3Cl)ccc2OCCOC)cc1. The van der Waals surface area contributed by atoms with Gasteiger partial charge in [-0.2, -0.15) is 0 Å². The predicted octanol–water partition coefficient (Wildman–Crippen LogP) is 4.33. The van der Waals surface area contributed by atoms with Crippen LogP contribution in [0.2, 0.25) is 5.02 Å². The Morgan fingerprint density at radius 3 is 2.15 bits per heavy atom. The fourth-order valence-electron chi connectivity index (χ4n) is 3.41. The highest BCUT2D eigenvalue weighted by Crippen LogP contribution is 2.26. The molecule has 0 saturated carbocycles. The normalized spacial score (nSPS) is 11.0. The van der Waals surface area contributed by atoms with Crippen molar-refractivity contribution in [3.63, 3.8) is 0 Å². The summed E-state index contributed by atoms with van der Waals surface area (Å²) < 4.78 is 10.8. The van der Waals surface area contributed by atoms with Crippen molar-refractivity contribution < 1.29 is 23.9 Å². The second-order valence-electron chi connectivity index (χ2n) is 9.83. The third-order valence-electron chi connectivity index (χ3n) is 5.61. The zero-order chi connectivity index (χ0) is 28.6. The largest absolute Gasteiger partial charge is 0.490 e. The second kappa shape index (κ2) is 13.3. The molecule has 0 atom stereocenters. The molecule has 3 aromatic rings. The van der Waals surface area contributed by atoms with Gasteiger partial charge < -0.3 is 25.4 Å². The van der Waals surface area contributed by atoms with Gasteiger partial charge in [-0.1, -0.05) is 56.0 Å². The molecule has 0 saturated heterocycles. The molecule has 0 fully saturated rings. The molecule has 8 nitrogen and oxygen atoms in total. The molecule has 3 rings (SSSR count). The molecule has 0 aliphatic rings. The van der Waals surface area contributed by atoms with E-state index in [0.29, 0.717) is 34.8 Å². The third-order valence-corrected chi connectivity index (χ3v) is 5.93. The summed E-state index contributed by atoms with van der Waals surface area (Å²) in [5.41, 5.74) is 2.10. The van der Waals surface area contributed by atoms with Gasteiger partial charge in [0.15, 0.2) is 0 Å². The first-order valence-electron chi connectivity index (χ1n) is 12.3. The van der Waals surface area contributed by atoms with Gasteiger partial charge in [0, 0.05) is 30.4 Å². The summed E-state index contributed by atoms with van der Waals surface area (Å²) in [6.45, 7) is 6.28. The van der Waals surface area contributed by atoms with Crippen LogP contribution in [0.5, 0.6) is 5.75 Å². The average Bonchev–Trinajstić information content (AvgIpc) is 2.89. The number of carbonyl (C=O) groups excluding carboxylic acids is 3. The summed E-state index contributed by atoms with van der Waals surface area (Å²) in [5, 5.41) is 8.70. The lowest BCUT2D eigenvalue weighted by molar-refractivity contribution is -0.128. The number of anilines is 2. The van der Waals surface area contributed by atoms with Gasteiger partial charge in [-0.25, -0.2) is 0 Å². The average molecular weight is 548 g/mol. The summed E-state index contributed by atoms with van der Waals surface area (Å²) in [7, 11) is 7.28. The van der Waals surface area contributed by atoms with Crippen LogP contribution in [0.1, 0.15) is 47.1 Å². The summed E-state index contributed by atoms with van der Waals surface area (Å²) in [6, 6.07) is 16.4. The number of halogens is 1. The molecule has 39 heavy (non-hydrogen) atoms. The molecule has 202 valence electrons. The van der Waals surface area contributed by atoms with Gasteiger partial charge in [0.25, 0.3) is 11.8 Å². The van der Waals surface area contributed by atoms with E-state index in [1.165, 1.54) is 6.07 Å². The molecule has 10 heteroatoms. The van der Waals surface area contributed by atoms with Crippen molar-refractivity contribution in [3.05, 3.63) is 82.4 Å². The first-order valence-corrected chi connectivity index (χ1v) is 12.7. The van der Waals surface area contributed by atoms with E-state index in [2.05, 4.69) is 16.0 Å². The molecule has 0 aliphatic carbocycles. The predicted molar refractivity (Wildman–Crippen MR) is 154 cm³/mol. The van der Waals surface area contributed by atoms with Crippen molar-refractivity contribution in [2.45, 2.75) is 27.3 Å². The van der Waals surface area contributed by atoms with Crippen molar-refractivity contribution in [2.24, 2.45) is 5.41 Å². The second-order valence-corrected chi connectivity index (χ2v) is 10.2. The fourth-order valence-corrected chi connectivity index (χ4v) is 3.62. The quantitative estimate of drug-likeness (QED) is 0.259. The molecule has 3 amide bonds. The van der Waals surface area contributed by atoms with E-state index in [0.717, 1.165) is 0 Å².